The first kappa shape index (κ1) is 25.3. The van der Waals surface area contributed by atoms with Crippen LogP contribution in [0.3, 0.4) is 0 Å². The quantitative estimate of drug-likeness (QED) is 0.218. The Bertz CT molecular complexity index is 2130. The third-order valence-corrected chi connectivity index (χ3v) is 8.71. The zero-order chi connectivity index (χ0) is 29.0. The fraction of sp³-hybridized carbons (Fsp3) is 0.0750. The maximum atomic E-state index is 5.05. The van der Waals surface area contributed by atoms with Crippen molar-refractivity contribution in [3.8, 4) is 56.4 Å². The van der Waals surface area contributed by atoms with Crippen molar-refractivity contribution in [2.45, 2.75) is 19.3 Å². The second-order valence-electron chi connectivity index (χ2n) is 11.7. The zero-order valence-electron chi connectivity index (χ0n) is 24.1. The van der Waals surface area contributed by atoms with E-state index in [4.69, 9.17) is 15.0 Å². The third kappa shape index (κ3) is 4.24. The Morgan fingerprint density at radius 1 is 0.419 bits per heavy atom. The molecule has 1 aliphatic carbocycles. The van der Waals surface area contributed by atoms with Crippen LogP contribution in [0.4, 0.5) is 0 Å². The first-order valence-corrected chi connectivity index (χ1v) is 14.7. The fourth-order valence-electron chi connectivity index (χ4n) is 6.53. The van der Waals surface area contributed by atoms with E-state index in [1.165, 1.54) is 38.6 Å². The number of nitrogens with zero attached hydrogens (tertiary/aromatic N) is 3. The molecule has 0 aliphatic heterocycles. The van der Waals surface area contributed by atoms with Crippen LogP contribution in [0.2, 0.25) is 0 Å². The minimum absolute atomic E-state index is 0.160. The van der Waals surface area contributed by atoms with E-state index in [1.54, 1.807) is 0 Å². The largest absolute Gasteiger partial charge is 0.208 e. The minimum atomic E-state index is -0.160. The fourth-order valence-corrected chi connectivity index (χ4v) is 6.53. The van der Waals surface area contributed by atoms with E-state index in [2.05, 4.69) is 129 Å². The number of fused-ring (bicyclic) bond motifs is 5. The summed E-state index contributed by atoms with van der Waals surface area (Å²) in [7, 11) is 0. The van der Waals surface area contributed by atoms with Gasteiger partial charge in [-0.2, -0.15) is 0 Å². The highest BCUT2D eigenvalue weighted by Crippen LogP contribution is 2.52. The Balaban J connectivity index is 1.26. The first-order valence-electron chi connectivity index (χ1n) is 14.7. The highest BCUT2D eigenvalue weighted by molar-refractivity contribution is 5.97. The topological polar surface area (TPSA) is 38.7 Å². The summed E-state index contributed by atoms with van der Waals surface area (Å²) >= 11 is 0. The van der Waals surface area contributed by atoms with Crippen LogP contribution in [0.5, 0.6) is 0 Å². The van der Waals surface area contributed by atoms with E-state index in [0.29, 0.717) is 17.5 Å². The normalized spacial score (nSPS) is 13.1. The van der Waals surface area contributed by atoms with Gasteiger partial charge in [0.2, 0.25) is 0 Å². The number of hydrogen-bond acceptors (Lipinski definition) is 3. The van der Waals surface area contributed by atoms with Gasteiger partial charge in [0.1, 0.15) is 0 Å². The summed E-state index contributed by atoms with van der Waals surface area (Å²) in [6, 6.07) is 48.9. The lowest BCUT2D eigenvalue weighted by Gasteiger charge is -2.23. The average Bonchev–Trinajstić information content (AvgIpc) is 3.31. The summed E-state index contributed by atoms with van der Waals surface area (Å²) in [5.41, 5.74) is 10.4. The molecule has 204 valence electrons. The van der Waals surface area contributed by atoms with Gasteiger partial charge in [-0.15, -0.1) is 0 Å². The van der Waals surface area contributed by atoms with Gasteiger partial charge in [0.15, 0.2) is 17.5 Å². The molecule has 0 radical (unpaired) electrons. The van der Waals surface area contributed by atoms with Gasteiger partial charge < -0.3 is 0 Å². The van der Waals surface area contributed by atoms with Gasteiger partial charge in [0.25, 0.3) is 0 Å². The Kier molecular flexibility index (Phi) is 5.80. The Morgan fingerprint density at radius 3 is 1.60 bits per heavy atom. The van der Waals surface area contributed by atoms with E-state index in [-0.39, 0.29) is 5.41 Å². The van der Waals surface area contributed by atoms with E-state index in [0.717, 1.165) is 22.3 Å². The molecule has 0 bridgehead atoms. The van der Waals surface area contributed by atoms with Gasteiger partial charge in [-0.05, 0) is 50.2 Å². The van der Waals surface area contributed by atoms with E-state index < -0.39 is 0 Å². The van der Waals surface area contributed by atoms with Crippen LogP contribution in [0.1, 0.15) is 25.0 Å². The smallest absolute Gasteiger partial charge is 0.164 e. The second kappa shape index (κ2) is 9.85. The third-order valence-electron chi connectivity index (χ3n) is 8.71. The van der Waals surface area contributed by atoms with E-state index >= 15 is 0 Å². The monoisotopic (exact) mass is 551 g/mol. The highest BCUT2D eigenvalue weighted by Gasteiger charge is 2.37. The molecule has 1 heterocycles. The summed E-state index contributed by atoms with van der Waals surface area (Å²) in [5.74, 6) is 2.01. The molecule has 43 heavy (non-hydrogen) atoms. The van der Waals surface area contributed by atoms with E-state index in [1.807, 2.05) is 24.3 Å². The number of aromatic nitrogens is 3. The van der Waals surface area contributed by atoms with Crippen LogP contribution >= 0.6 is 0 Å². The van der Waals surface area contributed by atoms with Gasteiger partial charge in [-0.1, -0.05) is 147 Å². The van der Waals surface area contributed by atoms with Crippen molar-refractivity contribution in [1.82, 2.24) is 15.0 Å². The summed E-state index contributed by atoms with van der Waals surface area (Å²) in [6.07, 6.45) is 0. The van der Waals surface area contributed by atoms with Crippen LogP contribution in [0.15, 0.2) is 140 Å². The van der Waals surface area contributed by atoms with Crippen molar-refractivity contribution >= 4 is 10.8 Å². The maximum absolute atomic E-state index is 5.05. The van der Waals surface area contributed by atoms with Crippen LogP contribution in [0, 0.1) is 0 Å². The van der Waals surface area contributed by atoms with E-state index in [9.17, 15) is 0 Å². The van der Waals surface area contributed by atoms with Gasteiger partial charge in [0, 0.05) is 22.1 Å². The van der Waals surface area contributed by atoms with Crippen LogP contribution in [0.25, 0.3) is 67.2 Å². The van der Waals surface area contributed by atoms with Crippen molar-refractivity contribution in [2.75, 3.05) is 0 Å². The van der Waals surface area contributed by atoms with Gasteiger partial charge in [-0.25, -0.2) is 15.0 Å². The number of rotatable bonds is 4. The molecular weight excluding hydrogens is 522 g/mol. The standard InChI is InChI=1S/C40H29N3/c1-40(2)35-25-31(22-23-33(35)34-24-21-28-13-9-10-16-32(28)36(34)40)39-42-37(29-14-7-4-8-15-29)41-38(43-39)30-19-17-27(18-20-30)26-11-5-3-6-12-26/h3-25H,1-2H3. The molecule has 0 unspecified atom stereocenters. The minimum Gasteiger partial charge on any atom is -0.208 e. The molecule has 0 saturated heterocycles. The molecule has 0 fully saturated rings. The molecule has 6 aromatic carbocycles. The van der Waals surface area contributed by atoms with Crippen LogP contribution < -0.4 is 0 Å². The molecule has 8 rings (SSSR count). The Hall–Kier alpha value is -5.41. The van der Waals surface area contributed by atoms with Gasteiger partial charge >= 0.3 is 0 Å². The first-order chi connectivity index (χ1) is 21.1. The predicted molar refractivity (Wildman–Crippen MR) is 177 cm³/mol. The lowest BCUT2D eigenvalue weighted by molar-refractivity contribution is 0.666. The molecule has 0 saturated carbocycles. The van der Waals surface area contributed by atoms with Crippen LogP contribution in [-0.2, 0) is 5.41 Å². The summed E-state index contributed by atoms with van der Waals surface area (Å²) < 4.78 is 0. The predicted octanol–water partition coefficient (Wildman–Crippen LogP) is 10.00. The van der Waals surface area contributed by atoms with Crippen molar-refractivity contribution in [3.05, 3.63) is 151 Å². The Labute approximate surface area is 251 Å². The maximum Gasteiger partial charge on any atom is 0.164 e. The summed E-state index contributed by atoms with van der Waals surface area (Å²) in [4.78, 5) is 15.0. The number of hydrogen-bond donors (Lipinski definition) is 0. The second-order valence-corrected chi connectivity index (χ2v) is 11.7. The molecule has 0 N–H and O–H groups in total. The Morgan fingerprint density at radius 2 is 0.907 bits per heavy atom. The van der Waals surface area contributed by atoms with Crippen molar-refractivity contribution < 1.29 is 0 Å². The molecule has 1 aromatic heterocycles. The summed E-state index contributed by atoms with van der Waals surface area (Å²) in [5, 5.41) is 2.59. The van der Waals surface area contributed by atoms with Crippen LogP contribution in [-0.4, -0.2) is 15.0 Å². The molecule has 3 heteroatoms. The van der Waals surface area contributed by atoms with Gasteiger partial charge in [-0.3, -0.25) is 0 Å². The highest BCUT2D eigenvalue weighted by atomic mass is 15.0. The molecule has 1 aliphatic rings. The lowest BCUT2D eigenvalue weighted by atomic mass is 9.80. The van der Waals surface area contributed by atoms with Crippen molar-refractivity contribution in [2.24, 2.45) is 0 Å². The summed E-state index contributed by atoms with van der Waals surface area (Å²) in [6.45, 7) is 4.66. The van der Waals surface area contributed by atoms with Gasteiger partial charge in [0.05, 0.1) is 0 Å². The molecular formula is C40H29N3. The SMILES string of the molecule is CC1(C)c2cc(-c3nc(-c4ccccc4)nc(-c4ccc(-c5ccccc5)cc4)n3)ccc2-c2ccc3ccccc3c21. The molecule has 0 amide bonds. The molecule has 7 aromatic rings. The molecule has 0 atom stereocenters. The molecule has 0 spiro atoms. The molecule has 3 nitrogen and oxygen atoms in total. The van der Waals surface area contributed by atoms with Crippen molar-refractivity contribution in [3.63, 3.8) is 0 Å². The average molecular weight is 552 g/mol. The zero-order valence-corrected chi connectivity index (χ0v) is 24.1. The lowest BCUT2D eigenvalue weighted by Crippen LogP contribution is -2.15. The van der Waals surface area contributed by atoms with Crippen molar-refractivity contribution in [1.29, 1.82) is 0 Å². The number of benzene rings is 6.